The van der Waals surface area contributed by atoms with E-state index in [1.54, 1.807) is 9.58 Å². The molecule has 1 aliphatic rings. The Morgan fingerprint density at radius 1 is 1.11 bits per heavy atom. The lowest BCUT2D eigenvalue weighted by molar-refractivity contribution is -0.127. The molecule has 9 nitrogen and oxygen atoms in total. The second-order valence-electron chi connectivity index (χ2n) is 11.3. The van der Waals surface area contributed by atoms with Crippen LogP contribution in [0.2, 0.25) is 0 Å². The summed E-state index contributed by atoms with van der Waals surface area (Å²) in [5, 5.41) is 13.1. The molecule has 46 heavy (non-hydrogen) atoms. The van der Waals surface area contributed by atoms with E-state index >= 15 is 4.39 Å². The quantitative estimate of drug-likeness (QED) is 0.135. The average molecular weight is 641 g/mol. The van der Waals surface area contributed by atoms with Crippen molar-refractivity contribution in [3.8, 4) is 39.5 Å². The topological polar surface area (TPSA) is 87.3 Å². The molecule has 7 rings (SSSR count). The molecule has 0 aliphatic carbocycles. The van der Waals surface area contributed by atoms with E-state index in [9.17, 15) is 9.18 Å². The maximum absolute atomic E-state index is 16.0. The normalized spacial score (nSPS) is 14.6. The van der Waals surface area contributed by atoms with Gasteiger partial charge in [0.2, 0.25) is 5.91 Å². The molecule has 5 heterocycles. The monoisotopic (exact) mass is 640 g/mol. The summed E-state index contributed by atoms with van der Waals surface area (Å²) in [5.41, 5.74) is 4.64. The van der Waals surface area contributed by atoms with Gasteiger partial charge < -0.3 is 14.4 Å². The number of halogens is 2. The Kier molecular flexibility index (Phi) is 7.61. The molecule has 0 saturated heterocycles. The van der Waals surface area contributed by atoms with E-state index in [0.29, 0.717) is 35.7 Å². The highest BCUT2D eigenvalue weighted by Gasteiger charge is 2.30. The highest BCUT2D eigenvalue weighted by atomic mass is 32.1. The Bertz CT molecular complexity index is 2150. The van der Waals surface area contributed by atoms with Gasteiger partial charge in [0, 0.05) is 65.6 Å². The van der Waals surface area contributed by atoms with Gasteiger partial charge in [-0.15, -0.1) is 11.3 Å². The Balaban J connectivity index is 1.50. The second-order valence-corrected chi connectivity index (χ2v) is 12.2. The van der Waals surface area contributed by atoms with Crippen LogP contribution in [0, 0.1) is 11.6 Å². The molecule has 0 radical (unpaired) electrons. The van der Waals surface area contributed by atoms with Gasteiger partial charge in [0.1, 0.15) is 35.4 Å². The minimum Gasteiger partial charge on any atom is -0.490 e. The fourth-order valence-electron chi connectivity index (χ4n) is 6.10. The van der Waals surface area contributed by atoms with Gasteiger partial charge in [-0.3, -0.25) is 14.2 Å². The molecule has 234 valence electrons. The number of aryl methyl sites for hydroxylation is 1. The Hall–Kier alpha value is -4.94. The standard InChI is InChI=1S/C34H30F2N6O3S/c1-5-29(43)41-16-19(2)42-23(18-41)15-27(39-42)33-31(30-25(36)13-22(35)14-28(30)45-10-9-44-4)34-24(8-11-46-34)32(37-33)20-6-7-26-21(12-20)17-40(3)38-26/h5-8,11-15,17,19H,1,9-10,16,18H2,2-4H3. The number of benzene rings is 2. The number of aromatic nitrogens is 5. The van der Waals surface area contributed by atoms with Crippen LogP contribution in [0.1, 0.15) is 18.7 Å². The molecule has 0 N–H and O–H groups in total. The molecule has 12 heteroatoms. The molecule has 6 aromatic rings. The number of hydrogen-bond acceptors (Lipinski definition) is 7. The first-order chi connectivity index (χ1) is 22.2. The van der Waals surface area contributed by atoms with Crippen molar-refractivity contribution in [3.63, 3.8) is 0 Å². The van der Waals surface area contributed by atoms with E-state index in [4.69, 9.17) is 19.6 Å². The zero-order valence-electron chi connectivity index (χ0n) is 25.5. The number of rotatable bonds is 8. The summed E-state index contributed by atoms with van der Waals surface area (Å²) in [4.78, 5) is 19.5. The minimum atomic E-state index is -0.783. The van der Waals surface area contributed by atoms with Gasteiger partial charge in [-0.2, -0.15) is 10.2 Å². The third-order valence-corrected chi connectivity index (χ3v) is 9.04. The van der Waals surface area contributed by atoms with Gasteiger partial charge in [-0.25, -0.2) is 13.8 Å². The molecule has 1 aliphatic heterocycles. The lowest BCUT2D eigenvalue weighted by Gasteiger charge is -2.31. The number of methoxy groups -OCH3 is 1. The lowest BCUT2D eigenvalue weighted by Crippen LogP contribution is -2.39. The molecular formula is C34H30F2N6O3S. The van der Waals surface area contributed by atoms with Gasteiger partial charge >= 0.3 is 0 Å². The summed E-state index contributed by atoms with van der Waals surface area (Å²) in [6.45, 7) is 6.74. The zero-order valence-corrected chi connectivity index (χ0v) is 26.3. The molecule has 1 unspecified atom stereocenters. The van der Waals surface area contributed by atoms with Crippen LogP contribution in [0.25, 0.3) is 54.8 Å². The van der Waals surface area contributed by atoms with Gasteiger partial charge in [-0.1, -0.05) is 12.6 Å². The van der Waals surface area contributed by atoms with Crippen molar-refractivity contribution in [2.45, 2.75) is 19.5 Å². The van der Waals surface area contributed by atoms with Crippen molar-refractivity contribution in [1.82, 2.24) is 29.4 Å². The predicted molar refractivity (Wildman–Crippen MR) is 174 cm³/mol. The Morgan fingerprint density at radius 3 is 2.76 bits per heavy atom. The first-order valence-corrected chi connectivity index (χ1v) is 15.6. The molecule has 0 spiro atoms. The number of nitrogens with zero attached hydrogens (tertiary/aromatic N) is 6. The summed E-state index contributed by atoms with van der Waals surface area (Å²) >= 11 is 1.43. The third kappa shape index (κ3) is 5.13. The molecule has 1 amide bonds. The van der Waals surface area contributed by atoms with Crippen LogP contribution < -0.4 is 4.74 Å². The summed E-state index contributed by atoms with van der Waals surface area (Å²) < 4.78 is 46.1. The number of carbonyl (C=O) groups is 1. The maximum Gasteiger partial charge on any atom is 0.246 e. The highest BCUT2D eigenvalue weighted by Crippen LogP contribution is 2.47. The summed E-state index contributed by atoms with van der Waals surface area (Å²) in [6, 6.07) is 11.7. The van der Waals surface area contributed by atoms with Gasteiger partial charge in [0.25, 0.3) is 0 Å². The Labute approximate surface area is 267 Å². The lowest BCUT2D eigenvalue weighted by atomic mass is 9.96. The molecule has 1 atom stereocenters. The zero-order chi connectivity index (χ0) is 32.1. The smallest absolute Gasteiger partial charge is 0.246 e. The molecule has 2 aromatic carbocycles. The average Bonchev–Trinajstić information content (AvgIpc) is 3.78. The van der Waals surface area contributed by atoms with Crippen molar-refractivity contribution in [2.24, 2.45) is 7.05 Å². The first-order valence-electron chi connectivity index (χ1n) is 14.7. The van der Waals surface area contributed by atoms with Crippen molar-refractivity contribution >= 4 is 38.2 Å². The second kappa shape index (κ2) is 11.8. The van der Waals surface area contributed by atoms with E-state index in [1.807, 2.05) is 60.6 Å². The van der Waals surface area contributed by atoms with E-state index in [0.717, 1.165) is 38.3 Å². The van der Waals surface area contributed by atoms with Crippen molar-refractivity contribution in [3.05, 3.63) is 84.0 Å². The van der Waals surface area contributed by atoms with Crippen LogP contribution in [0.3, 0.4) is 0 Å². The number of pyridine rings is 1. The molecule has 0 fully saturated rings. The van der Waals surface area contributed by atoms with Crippen molar-refractivity contribution in [2.75, 3.05) is 26.9 Å². The van der Waals surface area contributed by atoms with Crippen LogP contribution in [0.15, 0.2) is 66.7 Å². The summed E-state index contributed by atoms with van der Waals surface area (Å²) in [5.74, 6) is -1.67. The summed E-state index contributed by atoms with van der Waals surface area (Å²) in [7, 11) is 3.40. The third-order valence-electron chi connectivity index (χ3n) is 8.11. The number of ether oxygens (including phenoxy) is 2. The molecular weight excluding hydrogens is 610 g/mol. The van der Waals surface area contributed by atoms with Crippen LogP contribution >= 0.6 is 11.3 Å². The largest absolute Gasteiger partial charge is 0.490 e. The van der Waals surface area contributed by atoms with E-state index in [1.165, 1.54) is 30.6 Å². The number of hydrogen-bond donors (Lipinski definition) is 0. The number of carbonyl (C=O) groups excluding carboxylic acids is 1. The van der Waals surface area contributed by atoms with Crippen LogP contribution in [-0.2, 0) is 23.1 Å². The van der Waals surface area contributed by atoms with Gasteiger partial charge in [-0.05, 0) is 42.6 Å². The van der Waals surface area contributed by atoms with E-state index in [2.05, 4.69) is 11.7 Å². The molecule has 0 saturated carbocycles. The van der Waals surface area contributed by atoms with Crippen LogP contribution in [-0.4, -0.2) is 62.2 Å². The maximum atomic E-state index is 16.0. The first kappa shape index (κ1) is 29.8. The van der Waals surface area contributed by atoms with Crippen LogP contribution in [0.5, 0.6) is 5.75 Å². The van der Waals surface area contributed by atoms with Gasteiger partial charge in [0.05, 0.1) is 41.7 Å². The number of thiophene rings is 1. The van der Waals surface area contributed by atoms with Crippen molar-refractivity contribution in [1.29, 1.82) is 0 Å². The van der Waals surface area contributed by atoms with Gasteiger partial charge in [0.15, 0.2) is 0 Å². The molecule has 4 aromatic heterocycles. The van der Waals surface area contributed by atoms with E-state index < -0.39 is 11.6 Å². The number of fused-ring (bicyclic) bond motifs is 3. The predicted octanol–water partition coefficient (Wildman–Crippen LogP) is 6.77. The van der Waals surface area contributed by atoms with Crippen LogP contribution in [0.4, 0.5) is 8.78 Å². The molecule has 0 bridgehead atoms. The summed E-state index contributed by atoms with van der Waals surface area (Å²) in [6.07, 6.45) is 3.25. The highest BCUT2D eigenvalue weighted by molar-refractivity contribution is 7.18. The van der Waals surface area contributed by atoms with Crippen molar-refractivity contribution < 1.29 is 23.0 Å². The fourth-order valence-corrected chi connectivity index (χ4v) is 7.05. The van der Waals surface area contributed by atoms with E-state index in [-0.39, 0.29) is 36.5 Å². The number of amides is 1. The Morgan fingerprint density at radius 2 is 1.96 bits per heavy atom. The SMILES string of the molecule is C=CC(=O)N1Cc2cc(-c3nc(-c4ccc5nn(C)cc5c4)c4ccsc4c3-c3c(F)cc(F)cc3OCCOC)nn2C(C)C1. The fraction of sp³-hybridized carbons (Fsp3) is 0.235. The minimum absolute atomic E-state index is 0.0388.